The van der Waals surface area contributed by atoms with Crippen LogP contribution in [0.2, 0.25) is 0 Å². The summed E-state index contributed by atoms with van der Waals surface area (Å²) in [6, 6.07) is 17.4. The second-order valence-electron chi connectivity index (χ2n) is 17.0. The normalized spacial score (nSPS) is 27.2. The highest BCUT2D eigenvalue weighted by Gasteiger charge is 2.62. The van der Waals surface area contributed by atoms with Gasteiger partial charge in [0.05, 0.1) is 40.8 Å². The molecule has 2 aromatic carbocycles. The Morgan fingerprint density at radius 3 is 2.59 bits per heavy atom. The van der Waals surface area contributed by atoms with Gasteiger partial charge in [-0.2, -0.15) is 4.98 Å². The predicted molar refractivity (Wildman–Crippen MR) is 213 cm³/mol. The number of sulfonamides is 1. The molecule has 3 fully saturated rings. The second-order valence-corrected chi connectivity index (χ2v) is 19.2. The summed E-state index contributed by atoms with van der Waals surface area (Å²) in [4.78, 5) is 50.3. The maximum absolute atomic E-state index is 14.8. The molecule has 4 aromatic rings. The zero-order chi connectivity index (χ0) is 39.2. The highest BCUT2D eigenvalue weighted by atomic mass is 32.2. The smallest absolute Gasteiger partial charge is 0.297 e. The lowest BCUT2D eigenvalue weighted by molar-refractivity contribution is -0.142. The Labute approximate surface area is 328 Å². The number of imidazole rings is 1. The van der Waals surface area contributed by atoms with E-state index in [0.29, 0.717) is 38.1 Å². The van der Waals surface area contributed by atoms with Gasteiger partial charge in [0.2, 0.25) is 21.8 Å². The molecule has 1 N–H and O–H groups in total. The van der Waals surface area contributed by atoms with Gasteiger partial charge < -0.3 is 14.1 Å². The zero-order valence-electron chi connectivity index (χ0n) is 32.5. The van der Waals surface area contributed by atoms with Crippen LogP contribution in [-0.2, 0) is 30.8 Å². The summed E-state index contributed by atoms with van der Waals surface area (Å²) in [5.74, 6) is -1.58. The number of fused-ring (bicyclic) bond motifs is 3. The van der Waals surface area contributed by atoms with Gasteiger partial charge in [0.15, 0.2) is 5.78 Å². The van der Waals surface area contributed by atoms with Crippen LogP contribution >= 0.6 is 0 Å². The number of furan rings is 1. The van der Waals surface area contributed by atoms with Crippen LogP contribution in [-0.4, -0.2) is 63.9 Å². The molecule has 296 valence electrons. The van der Waals surface area contributed by atoms with Crippen molar-refractivity contribution < 1.29 is 32.0 Å². The van der Waals surface area contributed by atoms with Crippen molar-refractivity contribution in [1.29, 1.82) is 0 Å². The molecule has 8 rings (SSSR count). The topological polar surface area (TPSA) is 141 Å². The van der Waals surface area contributed by atoms with Gasteiger partial charge in [0.25, 0.3) is 6.01 Å². The Bertz CT molecular complexity index is 2240. The van der Waals surface area contributed by atoms with Crippen molar-refractivity contribution in [3.8, 4) is 17.1 Å². The van der Waals surface area contributed by atoms with Crippen molar-refractivity contribution in [3.63, 3.8) is 0 Å². The van der Waals surface area contributed by atoms with Crippen LogP contribution in [0.1, 0.15) is 96.6 Å². The molecule has 2 amide bonds. The lowest BCUT2D eigenvalue weighted by Gasteiger charge is -2.29. The quantitative estimate of drug-likeness (QED) is 0.172. The summed E-state index contributed by atoms with van der Waals surface area (Å²) >= 11 is 0. The van der Waals surface area contributed by atoms with Crippen molar-refractivity contribution in [2.75, 3.05) is 6.54 Å². The molecular weight excluding hydrogens is 729 g/mol. The molecule has 0 spiro atoms. The number of hydrogen-bond donors (Lipinski definition) is 1. The maximum atomic E-state index is 14.8. The number of nitrogens with zero attached hydrogens (tertiary/aromatic N) is 3. The summed E-state index contributed by atoms with van der Waals surface area (Å²) < 4.78 is 42.1. The van der Waals surface area contributed by atoms with E-state index in [-0.39, 0.29) is 49.0 Å². The molecule has 4 heterocycles. The van der Waals surface area contributed by atoms with Gasteiger partial charge in [-0.15, -0.1) is 0 Å². The first-order chi connectivity index (χ1) is 26.9. The maximum Gasteiger partial charge on any atom is 0.297 e. The Kier molecular flexibility index (Phi) is 10.2. The summed E-state index contributed by atoms with van der Waals surface area (Å²) in [6.07, 6.45) is 13.0. The zero-order valence-corrected chi connectivity index (χ0v) is 33.3. The minimum atomic E-state index is -3.91. The highest BCUT2D eigenvalue weighted by Crippen LogP contribution is 2.57. The van der Waals surface area contributed by atoms with E-state index in [9.17, 15) is 22.8 Å². The number of carbonyl (C=O) groups excluding carboxylic acids is 3. The van der Waals surface area contributed by atoms with Crippen molar-refractivity contribution >= 4 is 38.7 Å². The monoisotopic (exact) mass is 780 g/mol. The highest BCUT2D eigenvalue weighted by molar-refractivity contribution is 7.91. The summed E-state index contributed by atoms with van der Waals surface area (Å²) in [5.41, 5.74) is 3.32. The van der Waals surface area contributed by atoms with Gasteiger partial charge in [-0.1, -0.05) is 67.5 Å². The lowest BCUT2D eigenvalue weighted by atomic mass is 9.90. The van der Waals surface area contributed by atoms with Gasteiger partial charge >= 0.3 is 0 Å². The van der Waals surface area contributed by atoms with Gasteiger partial charge in [-0.05, 0) is 89.3 Å². The molecule has 2 aromatic heterocycles. The molecule has 5 atom stereocenters. The number of benzene rings is 2. The van der Waals surface area contributed by atoms with E-state index in [4.69, 9.17) is 14.1 Å². The molecule has 1 saturated heterocycles. The first-order valence-electron chi connectivity index (χ1n) is 20.2. The SMILES string of the molecule is CC(C)n1c(O[C@@H]2C[C@H]3C(=O)C[C@]4(C(=O)NS(=O)(=O)C5(C)CC5)C[C@@H]4/C=C\CCCCC[C@H](Cc4ccccc4)C(=O)N3C2)nc2c(-c3ccoc3)cccc21. The fourth-order valence-electron chi connectivity index (χ4n) is 8.80. The average Bonchev–Trinajstić information content (AvgIpc) is 3.81. The molecule has 0 bridgehead atoms. The molecule has 2 aliphatic heterocycles. The number of ether oxygens (including phenoxy) is 1. The number of ketones is 1. The molecule has 12 heteroatoms. The van der Waals surface area contributed by atoms with E-state index in [1.54, 1.807) is 24.3 Å². The predicted octanol–water partition coefficient (Wildman–Crippen LogP) is 7.57. The number of allylic oxidation sites excluding steroid dienone is 2. The van der Waals surface area contributed by atoms with E-state index in [2.05, 4.69) is 24.6 Å². The molecule has 0 radical (unpaired) electrons. The van der Waals surface area contributed by atoms with Crippen molar-refractivity contribution in [1.82, 2.24) is 19.2 Å². The summed E-state index contributed by atoms with van der Waals surface area (Å²) in [7, 11) is -3.91. The average molecular weight is 781 g/mol. The number of carbonyl (C=O) groups is 3. The molecular formula is C44H52N4O7S. The van der Waals surface area contributed by atoms with Gasteiger partial charge in [0.1, 0.15) is 11.6 Å². The number of hydrogen-bond acceptors (Lipinski definition) is 8. The Balaban J connectivity index is 1.13. The molecule has 56 heavy (non-hydrogen) atoms. The first kappa shape index (κ1) is 38.2. The molecule has 4 aliphatic rings. The third-order valence-electron chi connectivity index (χ3n) is 12.6. The number of para-hydroxylation sites is 1. The number of Topliss-reactive ketones (excluding diaryl/α,β-unsaturated/α-hetero) is 1. The number of nitrogens with one attached hydrogen (secondary N) is 1. The Morgan fingerprint density at radius 1 is 1.05 bits per heavy atom. The lowest BCUT2D eigenvalue weighted by Crippen LogP contribution is -2.47. The van der Waals surface area contributed by atoms with Gasteiger partial charge in [0, 0.05) is 35.9 Å². The van der Waals surface area contributed by atoms with Gasteiger partial charge in [-0.25, -0.2) is 8.42 Å². The number of rotatable bonds is 9. The molecule has 2 aliphatic carbocycles. The van der Waals surface area contributed by atoms with Crippen LogP contribution in [0.25, 0.3) is 22.2 Å². The first-order valence-corrected chi connectivity index (χ1v) is 21.7. The van der Waals surface area contributed by atoms with Crippen LogP contribution in [0.3, 0.4) is 0 Å². The molecule has 11 nitrogen and oxygen atoms in total. The third-order valence-corrected chi connectivity index (χ3v) is 14.8. The Morgan fingerprint density at radius 2 is 1.86 bits per heavy atom. The number of aromatic nitrogens is 2. The third kappa shape index (κ3) is 7.32. The van der Waals surface area contributed by atoms with Crippen molar-refractivity contribution in [3.05, 3.63) is 84.8 Å². The van der Waals surface area contributed by atoms with Crippen molar-refractivity contribution in [2.24, 2.45) is 17.3 Å². The minimum Gasteiger partial charge on any atom is -0.472 e. The van der Waals surface area contributed by atoms with E-state index in [1.807, 2.05) is 65.2 Å². The largest absolute Gasteiger partial charge is 0.472 e. The van der Waals surface area contributed by atoms with E-state index in [0.717, 1.165) is 53.4 Å². The van der Waals surface area contributed by atoms with Crippen LogP contribution in [0.4, 0.5) is 0 Å². The van der Waals surface area contributed by atoms with E-state index >= 15 is 0 Å². The minimum absolute atomic E-state index is 0.00705. The Hall–Kier alpha value is -4.71. The standard InChI is InChI=1S/C44H52N4O7S/c1-29(2)48-36-18-12-17-35(32-19-22-54-28-32)39(36)45-42(48)55-34-24-37-38(49)26-44(41(51)46-56(52,53)43(3)20-21-43)25-33(44)16-11-6-4-5-10-15-31(40(50)47(37)27-34)23-30-13-8-7-9-14-30/h7-9,11-14,16-19,22,28-29,31,33-34,37H,4-6,10,15,20-21,23-27H2,1-3H3,(H,46,51)/b16-11-/t31-,33+,34-,37+,44-/m1/s1. The van der Waals surface area contributed by atoms with Crippen molar-refractivity contribution in [2.45, 2.75) is 114 Å². The second kappa shape index (κ2) is 15.0. The fourth-order valence-corrected chi connectivity index (χ4v) is 10.1. The number of amides is 2. The van der Waals surface area contributed by atoms with Crippen LogP contribution in [0.5, 0.6) is 6.01 Å². The summed E-state index contributed by atoms with van der Waals surface area (Å²) in [5, 5.41) is 0. The van der Waals surface area contributed by atoms with Crippen LogP contribution in [0.15, 0.2) is 83.7 Å². The fraction of sp³-hybridized carbons (Fsp3) is 0.500. The molecule has 0 unspecified atom stereocenters. The van der Waals surface area contributed by atoms with Gasteiger partial charge in [-0.3, -0.25) is 23.7 Å². The van der Waals surface area contributed by atoms with Crippen LogP contribution < -0.4 is 9.46 Å². The van der Waals surface area contributed by atoms with E-state index < -0.39 is 38.2 Å². The molecule has 2 saturated carbocycles. The van der Waals surface area contributed by atoms with Crippen LogP contribution in [0, 0.1) is 17.3 Å². The summed E-state index contributed by atoms with van der Waals surface area (Å²) in [6.45, 7) is 5.96. The van der Waals surface area contributed by atoms with E-state index in [1.165, 1.54) is 0 Å².